The molecule has 1 aromatic carbocycles. The zero-order chi connectivity index (χ0) is 17.1. The number of likely N-dealkylation sites (N-methyl/N-ethyl adjacent to an activating group) is 1. The Morgan fingerprint density at radius 3 is 2.54 bits per heavy atom. The maximum absolute atomic E-state index is 12.4. The van der Waals surface area contributed by atoms with Crippen LogP contribution < -0.4 is 0 Å². The Hall–Kier alpha value is -2.89. The highest BCUT2D eigenvalue weighted by Gasteiger charge is 2.18. The summed E-state index contributed by atoms with van der Waals surface area (Å²) < 4.78 is 10.4. The summed E-state index contributed by atoms with van der Waals surface area (Å²) in [4.78, 5) is 14.0. The second kappa shape index (κ2) is 6.70. The first kappa shape index (κ1) is 16.0. The quantitative estimate of drug-likeness (QED) is 0.720. The van der Waals surface area contributed by atoms with Gasteiger partial charge < -0.3 is 13.9 Å². The number of nitrogens with zero attached hydrogens (tertiary/aromatic N) is 3. The molecule has 2 aromatic heterocycles. The predicted octanol–water partition coefficient (Wildman–Crippen LogP) is 3.15. The van der Waals surface area contributed by atoms with Gasteiger partial charge in [-0.2, -0.15) is 0 Å². The molecule has 0 atom stereocenters. The van der Waals surface area contributed by atoms with Gasteiger partial charge in [0.05, 0.1) is 18.7 Å². The summed E-state index contributed by atoms with van der Waals surface area (Å²) in [6.07, 6.45) is 0.261. The number of aromatic nitrogens is 2. The second-order valence-electron chi connectivity index (χ2n) is 5.77. The molecule has 0 saturated carbocycles. The van der Waals surface area contributed by atoms with Gasteiger partial charge in [0.25, 0.3) is 0 Å². The molecule has 0 saturated heterocycles. The van der Waals surface area contributed by atoms with Crippen LogP contribution in [-0.4, -0.2) is 28.2 Å². The molecule has 0 fully saturated rings. The highest BCUT2D eigenvalue weighted by atomic mass is 16.5. The van der Waals surface area contributed by atoms with E-state index in [0.29, 0.717) is 18.1 Å². The van der Waals surface area contributed by atoms with Crippen molar-refractivity contribution in [3.63, 3.8) is 0 Å². The molecule has 1 amide bonds. The first-order valence-electron chi connectivity index (χ1n) is 7.71. The van der Waals surface area contributed by atoms with E-state index in [4.69, 9.17) is 9.05 Å². The molecule has 3 rings (SSSR count). The number of benzene rings is 1. The number of hydrogen-bond acceptors (Lipinski definition) is 5. The smallest absolute Gasteiger partial charge is 0.227 e. The minimum absolute atomic E-state index is 0.0259. The van der Waals surface area contributed by atoms with Gasteiger partial charge in [-0.15, -0.1) is 0 Å². The Kier molecular flexibility index (Phi) is 4.46. The number of hydrogen-bond donors (Lipinski definition) is 0. The van der Waals surface area contributed by atoms with E-state index in [0.717, 1.165) is 22.5 Å². The van der Waals surface area contributed by atoms with Crippen molar-refractivity contribution in [3.8, 4) is 11.3 Å². The second-order valence-corrected chi connectivity index (χ2v) is 5.77. The average Bonchev–Trinajstić information content (AvgIpc) is 3.17. The van der Waals surface area contributed by atoms with E-state index in [2.05, 4.69) is 10.3 Å². The van der Waals surface area contributed by atoms with E-state index in [-0.39, 0.29) is 12.3 Å². The van der Waals surface area contributed by atoms with Crippen LogP contribution in [-0.2, 0) is 17.8 Å². The number of amides is 1. The molecule has 6 nitrogen and oxygen atoms in total. The van der Waals surface area contributed by atoms with Crippen molar-refractivity contribution in [3.05, 3.63) is 59.2 Å². The molecule has 0 spiro atoms. The van der Waals surface area contributed by atoms with Gasteiger partial charge in [-0.05, 0) is 13.8 Å². The fourth-order valence-electron chi connectivity index (χ4n) is 2.49. The summed E-state index contributed by atoms with van der Waals surface area (Å²) in [7, 11) is 1.74. The molecule has 0 bridgehead atoms. The number of carbonyl (C=O) groups is 1. The van der Waals surface area contributed by atoms with Crippen LogP contribution in [0.1, 0.15) is 22.8 Å². The normalized spacial score (nSPS) is 10.8. The van der Waals surface area contributed by atoms with E-state index >= 15 is 0 Å². The number of rotatable bonds is 5. The van der Waals surface area contributed by atoms with Crippen molar-refractivity contribution in [1.29, 1.82) is 0 Å². The van der Waals surface area contributed by atoms with Crippen molar-refractivity contribution in [2.45, 2.75) is 26.8 Å². The Bertz CT molecular complexity index is 817. The summed E-state index contributed by atoms with van der Waals surface area (Å²) in [5, 5.41) is 7.94. The standard InChI is InChI=1S/C18H19N3O3/c1-12-16(13(2)23-19-12)10-18(22)21(3)11-15-9-17(20-24-15)14-7-5-4-6-8-14/h4-9H,10-11H2,1-3H3. The monoisotopic (exact) mass is 325 g/mol. The van der Waals surface area contributed by atoms with Gasteiger partial charge in [0.1, 0.15) is 11.5 Å². The van der Waals surface area contributed by atoms with Crippen molar-refractivity contribution in [2.24, 2.45) is 0 Å². The van der Waals surface area contributed by atoms with Crippen molar-refractivity contribution < 1.29 is 13.8 Å². The molecule has 24 heavy (non-hydrogen) atoms. The van der Waals surface area contributed by atoms with Crippen LogP contribution in [0.3, 0.4) is 0 Å². The predicted molar refractivity (Wildman–Crippen MR) is 88.1 cm³/mol. The lowest BCUT2D eigenvalue weighted by atomic mass is 10.1. The first-order chi connectivity index (χ1) is 11.5. The molecule has 3 aromatic rings. The first-order valence-corrected chi connectivity index (χ1v) is 7.71. The molecule has 0 aliphatic rings. The lowest BCUT2D eigenvalue weighted by molar-refractivity contribution is -0.130. The van der Waals surface area contributed by atoms with Gasteiger partial charge in [-0.1, -0.05) is 40.6 Å². The minimum atomic E-state index is -0.0259. The SMILES string of the molecule is Cc1noc(C)c1CC(=O)N(C)Cc1cc(-c2ccccc2)no1. The highest BCUT2D eigenvalue weighted by molar-refractivity contribution is 5.79. The third-order valence-corrected chi connectivity index (χ3v) is 3.96. The van der Waals surface area contributed by atoms with Gasteiger partial charge in [0.15, 0.2) is 5.76 Å². The van der Waals surface area contributed by atoms with Crippen LogP contribution in [0.5, 0.6) is 0 Å². The summed E-state index contributed by atoms with van der Waals surface area (Å²) in [6, 6.07) is 11.6. The zero-order valence-corrected chi connectivity index (χ0v) is 13.9. The van der Waals surface area contributed by atoms with Crippen LogP contribution in [0.4, 0.5) is 0 Å². The number of aryl methyl sites for hydroxylation is 2. The van der Waals surface area contributed by atoms with Gasteiger partial charge in [0.2, 0.25) is 5.91 Å². The van der Waals surface area contributed by atoms with E-state index in [9.17, 15) is 4.79 Å². The maximum Gasteiger partial charge on any atom is 0.227 e. The molecule has 124 valence electrons. The molecule has 0 N–H and O–H groups in total. The molecule has 0 radical (unpaired) electrons. The lowest BCUT2D eigenvalue weighted by Gasteiger charge is -2.15. The third kappa shape index (κ3) is 3.37. The van der Waals surface area contributed by atoms with Crippen LogP contribution in [0.15, 0.2) is 45.4 Å². The van der Waals surface area contributed by atoms with Crippen LogP contribution in [0, 0.1) is 13.8 Å². The Balaban J connectivity index is 1.66. The summed E-state index contributed by atoms with van der Waals surface area (Å²) in [5.74, 6) is 1.30. The van der Waals surface area contributed by atoms with Crippen molar-refractivity contribution in [2.75, 3.05) is 7.05 Å². The van der Waals surface area contributed by atoms with E-state index in [1.807, 2.05) is 50.2 Å². The topological polar surface area (TPSA) is 72.4 Å². The Morgan fingerprint density at radius 2 is 1.88 bits per heavy atom. The van der Waals surface area contributed by atoms with Crippen molar-refractivity contribution in [1.82, 2.24) is 15.2 Å². The van der Waals surface area contributed by atoms with Crippen LogP contribution in [0.2, 0.25) is 0 Å². The fraction of sp³-hybridized carbons (Fsp3) is 0.278. The molecule has 0 aliphatic carbocycles. The average molecular weight is 325 g/mol. The van der Waals surface area contributed by atoms with Crippen molar-refractivity contribution >= 4 is 5.91 Å². The summed E-state index contributed by atoms with van der Waals surface area (Å²) in [6.45, 7) is 4.01. The van der Waals surface area contributed by atoms with Crippen LogP contribution in [0.25, 0.3) is 11.3 Å². The highest BCUT2D eigenvalue weighted by Crippen LogP contribution is 2.20. The fourth-order valence-corrected chi connectivity index (χ4v) is 2.49. The summed E-state index contributed by atoms with van der Waals surface area (Å²) >= 11 is 0. The molecule has 2 heterocycles. The maximum atomic E-state index is 12.4. The number of carbonyl (C=O) groups excluding carboxylic acids is 1. The zero-order valence-electron chi connectivity index (χ0n) is 13.9. The third-order valence-electron chi connectivity index (χ3n) is 3.96. The lowest BCUT2D eigenvalue weighted by Crippen LogP contribution is -2.27. The molecular weight excluding hydrogens is 306 g/mol. The van der Waals surface area contributed by atoms with Crippen LogP contribution >= 0.6 is 0 Å². The van der Waals surface area contributed by atoms with E-state index in [1.165, 1.54) is 0 Å². The van der Waals surface area contributed by atoms with E-state index in [1.54, 1.807) is 11.9 Å². The Morgan fingerprint density at radius 1 is 1.12 bits per heavy atom. The van der Waals surface area contributed by atoms with Gasteiger partial charge in [0, 0.05) is 24.2 Å². The molecule has 6 heteroatoms. The largest absolute Gasteiger partial charge is 0.361 e. The van der Waals surface area contributed by atoms with Gasteiger partial charge >= 0.3 is 0 Å². The van der Waals surface area contributed by atoms with E-state index < -0.39 is 0 Å². The molecular formula is C18H19N3O3. The Labute approximate surface area is 140 Å². The van der Waals surface area contributed by atoms with Gasteiger partial charge in [-0.3, -0.25) is 4.79 Å². The molecule has 0 aliphatic heterocycles. The minimum Gasteiger partial charge on any atom is -0.361 e. The molecule has 0 unspecified atom stereocenters. The summed E-state index contributed by atoms with van der Waals surface area (Å²) in [5.41, 5.74) is 3.34. The van der Waals surface area contributed by atoms with Gasteiger partial charge in [-0.25, -0.2) is 0 Å².